The molecule has 8 nitrogen and oxygen atoms in total. The molecule has 0 bridgehead atoms. The average molecular weight is 494 g/mol. The van der Waals surface area contributed by atoms with Gasteiger partial charge >= 0.3 is 0 Å². The largest absolute Gasteiger partial charge is 0.370 e. The van der Waals surface area contributed by atoms with Gasteiger partial charge in [0.25, 0.3) is 0 Å². The molecule has 3 aromatic rings. The van der Waals surface area contributed by atoms with Crippen molar-refractivity contribution in [1.82, 2.24) is 9.62 Å². The second-order valence-electron chi connectivity index (χ2n) is 8.99. The first-order chi connectivity index (χ1) is 16.7. The van der Waals surface area contributed by atoms with Gasteiger partial charge in [0.1, 0.15) is 0 Å². The number of aliphatic imine (C=N–C) groups is 1. The summed E-state index contributed by atoms with van der Waals surface area (Å²) in [4.78, 5) is 19.9. The third-order valence-corrected chi connectivity index (χ3v) is 7.85. The fraction of sp³-hybridized carbons (Fsp3) is 0.308. The Morgan fingerprint density at radius 2 is 1.83 bits per heavy atom. The Labute approximate surface area is 206 Å². The normalized spacial score (nSPS) is 17.7. The monoisotopic (exact) mass is 493 g/mol. The number of likely N-dealkylation sites (N-methyl/N-ethyl adjacent to an activating group) is 1. The van der Waals surface area contributed by atoms with Crippen LogP contribution in [0.4, 0.5) is 5.69 Å². The van der Waals surface area contributed by atoms with Gasteiger partial charge in [0, 0.05) is 0 Å². The second-order valence-corrected chi connectivity index (χ2v) is 10.7. The van der Waals surface area contributed by atoms with Crippen LogP contribution in [0.5, 0.6) is 0 Å². The molecule has 0 saturated carbocycles. The fourth-order valence-electron chi connectivity index (χ4n) is 4.59. The van der Waals surface area contributed by atoms with E-state index in [2.05, 4.69) is 9.71 Å². The molecule has 3 aromatic carbocycles. The molecule has 1 fully saturated rings. The van der Waals surface area contributed by atoms with Crippen molar-refractivity contribution in [3.8, 4) is 0 Å². The molecule has 5 N–H and O–H groups in total. The SMILES string of the molecule is CN1CCCCC1C(=O)[C@H](Cc1cccc(N=C(N)N)c1)NS(=O)(=O)c1ccc2ccccc2c1. The van der Waals surface area contributed by atoms with Crippen molar-refractivity contribution >= 4 is 38.2 Å². The molecule has 0 spiro atoms. The molecular weight excluding hydrogens is 462 g/mol. The number of carbonyl (C=O) groups is 1. The molecule has 9 heteroatoms. The van der Waals surface area contributed by atoms with E-state index in [1.807, 2.05) is 42.3 Å². The smallest absolute Gasteiger partial charge is 0.241 e. The molecule has 1 unspecified atom stereocenters. The molecule has 0 aromatic heterocycles. The van der Waals surface area contributed by atoms with E-state index in [4.69, 9.17) is 11.5 Å². The standard InChI is InChI=1S/C26H31N5O3S/c1-31-14-5-4-11-24(31)25(32)23(16-18-7-6-10-21(15-18)29-26(27)28)30-35(33,34)22-13-12-19-8-2-3-9-20(19)17-22/h2-3,6-10,12-13,15,17,23-24,30H,4-5,11,14,16H2,1H3,(H4,27,28,29)/t23-,24?/m0/s1. The number of nitrogens with two attached hydrogens (primary N) is 2. The number of guanidine groups is 1. The summed E-state index contributed by atoms with van der Waals surface area (Å²) in [6, 6.07) is 18.4. The van der Waals surface area contributed by atoms with Gasteiger partial charge < -0.3 is 11.5 Å². The maximum absolute atomic E-state index is 13.7. The highest BCUT2D eigenvalue weighted by molar-refractivity contribution is 7.89. The molecular formula is C26H31N5O3S. The Morgan fingerprint density at radius 1 is 1.06 bits per heavy atom. The molecule has 1 heterocycles. The van der Waals surface area contributed by atoms with Crippen molar-refractivity contribution < 1.29 is 13.2 Å². The fourth-order valence-corrected chi connectivity index (χ4v) is 5.83. The van der Waals surface area contributed by atoms with Gasteiger partial charge in [0.05, 0.1) is 22.7 Å². The number of hydrogen-bond acceptors (Lipinski definition) is 5. The summed E-state index contributed by atoms with van der Waals surface area (Å²) in [6.07, 6.45) is 2.85. The number of ketones is 1. The second kappa shape index (κ2) is 10.6. The molecule has 1 aliphatic heterocycles. The molecule has 0 aliphatic carbocycles. The number of carbonyl (C=O) groups excluding carboxylic acids is 1. The van der Waals surface area contributed by atoms with E-state index in [9.17, 15) is 13.2 Å². The van der Waals surface area contributed by atoms with Crippen LogP contribution < -0.4 is 16.2 Å². The predicted molar refractivity (Wildman–Crippen MR) is 139 cm³/mol. The highest BCUT2D eigenvalue weighted by Gasteiger charge is 2.34. The van der Waals surface area contributed by atoms with Gasteiger partial charge in [-0.05, 0) is 73.5 Å². The maximum Gasteiger partial charge on any atom is 0.241 e. The minimum Gasteiger partial charge on any atom is -0.370 e. The van der Waals surface area contributed by atoms with Gasteiger partial charge in [-0.25, -0.2) is 18.1 Å². The first-order valence-corrected chi connectivity index (χ1v) is 13.1. The van der Waals surface area contributed by atoms with Crippen LogP contribution in [-0.2, 0) is 21.2 Å². The molecule has 0 radical (unpaired) electrons. The van der Waals surface area contributed by atoms with Gasteiger partial charge in [-0.2, -0.15) is 0 Å². The number of piperidine rings is 1. The van der Waals surface area contributed by atoms with Crippen molar-refractivity contribution in [2.24, 2.45) is 16.5 Å². The summed E-state index contributed by atoms with van der Waals surface area (Å²) in [5.74, 6) is -0.209. The van der Waals surface area contributed by atoms with E-state index in [-0.39, 0.29) is 29.1 Å². The van der Waals surface area contributed by atoms with Crippen LogP contribution >= 0.6 is 0 Å². The van der Waals surface area contributed by atoms with Crippen molar-refractivity contribution in [2.75, 3.05) is 13.6 Å². The number of sulfonamides is 1. The number of benzene rings is 3. The molecule has 184 valence electrons. The molecule has 1 aliphatic rings. The van der Waals surface area contributed by atoms with Crippen LogP contribution in [-0.4, -0.2) is 50.7 Å². The Balaban J connectivity index is 1.66. The van der Waals surface area contributed by atoms with Crippen LogP contribution in [0, 0.1) is 0 Å². The molecule has 1 saturated heterocycles. The first-order valence-electron chi connectivity index (χ1n) is 11.7. The highest BCUT2D eigenvalue weighted by Crippen LogP contribution is 2.23. The van der Waals surface area contributed by atoms with Gasteiger partial charge in [0.15, 0.2) is 11.7 Å². The number of Topliss-reactive ketones (excluding diaryl/α,β-unsaturated/α-hetero) is 1. The zero-order chi connectivity index (χ0) is 25.0. The Bertz CT molecular complexity index is 1350. The van der Waals surface area contributed by atoms with Crippen LogP contribution in [0.2, 0.25) is 0 Å². The van der Waals surface area contributed by atoms with Crippen LogP contribution in [0.1, 0.15) is 24.8 Å². The van der Waals surface area contributed by atoms with Crippen molar-refractivity contribution in [1.29, 1.82) is 0 Å². The average Bonchev–Trinajstić information content (AvgIpc) is 2.83. The molecule has 4 rings (SSSR count). The van der Waals surface area contributed by atoms with Crippen molar-refractivity contribution in [3.63, 3.8) is 0 Å². The van der Waals surface area contributed by atoms with Crippen LogP contribution in [0.25, 0.3) is 10.8 Å². The first kappa shape index (κ1) is 24.8. The topological polar surface area (TPSA) is 131 Å². The lowest BCUT2D eigenvalue weighted by atomic mass is 9.92. The lowest BCUT2D eigenvalue weighted by molar-refractivity contribution is -0.126. The lowest BCUT2D eigenvalue weighted by Crippen LogP contribution is -2.52. The van der Waals surface area contributed by atoms with Gasteiger partial charge in [-0.1, -0.05) is 48.9 Å². The highest BCUT2D eigenvalue weighted by atomic mass is 32.2. The van der Waals surface area contributed by atoms with E-state index in [0.717, 1.165) is 35.7 Å². The third-order valence-electron chi connectivity index (χ3n) is 6.38. The van der Waals surface area contributed by atoms with Crippen molar-refractivity contribution in [3.05, 3.63) is 72.3 Å². The van der Waals surface area contributed by atoms with E-state index < -0.39 is 16.1 Å². The Hall–Kier alpha value is -3.27. The van der Waals surface area contributed by atoms with E-state index in [1.54, 1.807) is 36.4 Å². The summed E-state index contributed by atoms with van der Waals surface area (Å²) >= 11 is 0. The van der Waals surface area contributed by atoms with Crippen LogP contribution in [0.3, 0.4) is 0 Å². The lowest BCUT2D eigenvalue weighted by Gasteiger charge is -2.33. The molecule has 2 atom stereocenters. The number of rotatable bonds is 8. The quantitative estimate of drug-likeness (QED) is 0.327. The number of nitrogens with one attached hydrogen (secondary N) is 1. The van der Waals surface area contributed by atoms with Gasteiger partial charge in [-0.15, -0.1) is 0 Å². The van der Waals surface area contributed by atoms with E-state index in [1.165, 1.54) is 0 Å². The minimum atomic E-state index is -3.96. The summed E-state index contributed by atoms with van der Waals surface area (Å²) in [5, 5.41) is 1.76. The Morgan fingerprint density at radius 3 is 2.57 bits per heavy atom. The zero-order valence-corrected chi connectivity index (χ0v) is 20.5. The number of likely N-dealkylation sites (tertiary alicyclic amines) is 1. The Kier molecular flexibility index (Phi) is 7.49. The van der Waals surface area contributed by atoms with Crippen LogP contribution in [0.15, 0.2) is 76.6 Å². The maximum atomic E-state index is 13.7. The third kappa shape index (κ3) is 6.05. The summed E-state index contributed by atoms with van der Waals surface area (Å²) in [7, 11) is -2.05. The van der Waals surface area contributed by atoms with Gasteiger partial charge in [0.2, 0.25) is 10.0 Å². The summed E-state index contributed by atoms with van der Waals surface area (Å²) in [6.45, 7) is 0.806. The number of hydrogen-bond donors (Lipinski definition) is 3. The van der Waals surface area contributed by atoms with E-state index >= 15 is 0 Å². The zero-order valence-electron chi connectivity index (χ0n) is 19.7. The van der Waals surface area contributed by atoms with E-state index in [0.29, 0.717) is 12.1 Å². The molecule has 0 amide bonds. The summed E-state index contributed by atoms with van der Waals surface area (Å²) < 4.78 is 29.6. The predicted octanol–water partition coefficient (Wildman–Crippen LogP) is 2.69. The van der Waals surface area contributed by atoms with Gasteiger partial charge in [-0.3, -0.25) is 9.69 Å². The minimum absolute atomic E-state index is 0.0735. The molecule has 35 heavy (non-hydrogen) atoms. The number of fused-ring (bicyclic) bond motifs is 1. The summed E-state index contributed by atoms with van der Waals surface area (Å²) in [5.41, 5.74) is 12.3. The van der Waals surface area contributed by atoms with Crippen molar-refractivity contribution in [2.45, 2.75) is 42.7 Å². The number of nitrogens with zero attached hydrogens (tertiary/aromatic N) is 2.